The molecule has 3 rings (SSSR count). The fourth-order valence-electron chi connectivity index (χ4n) is 2.31. The van der Waals surface area contributed by atoms with Crippen molar-refractivity contribution in [1.82, 2.24) is 9.88 Å². The van der Waals surface area contributed by atoms with Crippen LogP contribution in [0.15, 0.2) is 30.5 Å². The van der Waals surface area contributed by atoms with Gasteiger partial charge in [0.2, 0.25) is 5.91 Å². The molecule has 1 N–H and O–H groups in total. The van der Waals surface area contributed by atoms with Gasteiger partial charge in [0.05, 0.1) is 22.6 Å². The number of rotatable bonds is 2. The van der Waals surface area contributed by atoms with Gasteiger partial charge in [-0.3, -0.25) is 19.5 Å². The average molecular weight is 290 g/mol. The number of carbonyl (C=O) groups is 2. The number of fused-ring (bicyclic) bond motifs is 1. The summed E-state index contributed by atoms with van der Waals surface area (Å²) in [5, 5.41) is 4.50. The molecular formula is C14H12ClN3O2. The first-order chi connectivity index (χ1) is 9.58. The Morgan fingerprint density at radius 3 is 2.85 bits per heavy atom. The van der Waals surface area contributed by atoms with E-state index >= 15 is 0 Å². The molecule has 1 aromatic carbocycles. The van der Waals surface area contributed by atoms with Gasteiger partial charge in [0, 0.05) is 18.6 Å². The number of hydrogen-bond donors (Lipinski definition) is 1. The zero-order valence-corrected chi connectivity index (χ0v) is 11.5. The molecular weight excluding hydrogens is 278 g/mol. The Morgan fingerprint density at radius 1 is 1.35 bits per heavy atom. The van der Waals surface area contributed by atoms with Crippen molar-refractivity contribution in [2.45, 2.75) is 12.5 Å². The lowest BCUT2D eigenvalue weighted by Crippen LogP contribution is -2.31. The number of imide groups is 1. The van der Waals surface area contributed by atoms with Gasteiger partial charge in [0.15, 0.2) is 0 Å². The predicted octanol–water partition coefficient (Wildman–Crippen LogP) is 2.06. The number of likely N-dealkylation sites (tertiary alicyclic amines) is 1. The highest BCUT2D eigenvalue weighted by Crippen LogP contribution is 2.29. The second kappa shape index (κ2) is 4.76. The van der Waals surface area contributed by atoms with E-state index in [-0.39, 0.29) is 18.2 Å². The van der Waals surface area contributed by atoms with Gasteiger partial charge < -0.3 is 5.32 Å². The molecule has 0 aliphatic carbocycles. The number of nitrogens with zero attached hydrogens (tertiary/aromatic N) is 2. The quantitative estimate of drug-likeness (QED) is 0.860. The Hall–Kier alpha value is -2.14. The van der Waals surface area contributed by atoms with Gasteiger partial charge in [-0.2, -0.15) is 0 Å². The standard InChI is InChI=1S/C14H12ClN3O2/c1-18-12(19)7-11(14(18)20)17-10-5-4-9(15)8-3-2-6-16-13(8)10/h2-6,11,17H,7H2,1H3. The molecule has 1 atom stereocenters. The lowest BCUT2D eigenvalue weighted by atomic mass is 10.1. The van der Waals surface area contributed by atoms with Crippen LogP contribution in [-0.4, -0.2) is 34.8 Å². The lowest BCUT2D eigenvalue weighted by Gasteiger charge is -2.14. The number of benzene rings is 1. The molecule has 2 heterocycles. The van der Waals surface area contributed by atoms with Crippen LogP contribution in [-0.2, 0) is 9.59 Å². The van der Waals surface area contributed by atoms with E-state index < -0.39 is 6.04 Å². The summed E-state index contributed by atoms with van der Waals surface area (Å²) in [4.78, 5) is 28.9. The first-order valence-corrected chi connectivity index (χ1v) is 6.56. The second-order valence-corrected chi connectivity index (χ2v) is 5.09. The van der Waals surface area contributed by atoms with E-state index in [4.69, 9.17) is 11.6 Å². The van der Waals surface area contributed by atoms with Crippen molar-refractivity contribution in [3.8, 4) is 0 Å². The number of likely N-dealkylation sites (N-methyl/N-ethyl adjacent to an activating group) is 1. The normalized spacial score (nSPS) is 18.9. The Labute approximate surface area is 120 Å². The van der Waals surface area contributed by atoms with Crippen molar-refractivity contribution in [2.75, 3.05) is 12.4 Å². The summed E-state index contributed by atoms with van der Waals surface area (Å²) in [6, 6.07) is 6.64. The summed E-state index contributed by atoms with van der Waals surface area (Å²) in [5.74, 6) is -0.409. The number of nitrogens with one attached hydrogen (secondary N) is 1. The van der Waals surface area contributed by atoms with Gasteiger partial charge in [0.1, 0.15) is 6.04 Å². The van der Waals surface area contributed by atoms with Crippen LogP contribution in [0.4, 0.5) is 5.69 Å². The van der Waals surface area contributed by atoms with Gasteiger partial charge in [0.25, 0.3) is 5.91 Å². The van der Waals surface area contributed by atoms with Gasteiger partial charge in [-0.15, -0.1) is 0 Å². The molecule has 6 heteroatoms. The number of anilines is 1. The molecule has 102 valence electrons. The minimum Gasteiger partial charge on any atom is -0.371 e. The zero-order chi connectivity index (χ0) is 14.3. The van der Waals surface area contributed by atoms with Crippen LogP contribution in [0.2, 0.25) is 5.02 Å². The molecule has 1 unspecified atom stereocenters. The summed E-state index contributed by atoms with van der Waals surface area (Å²) in [5.41, 5.74) is 1.39. The van der Waals surface area contributed by atoms with Crippen LogP contribution in [0.1, 0.15) is 6.42 Å². The summed E-state index contributed by atoms with van der Waals surface area (Å²) in [6.45, 7) is 0. The smallest absolute Gasteiger partial charge is 0.251 e. The monoisotopic (exact) mass is 289 g/mol. The largest absolute Gasteiger partial charge is 0.371 e. The molecule has 0 spiro atoms. The van der Waals surface area contributed by atoms with E-state index in [1.54, 1.807) is 24.4 Å². The van der Waals surface area contributed by atoms with Crippen LogP contribution in [0.5, 0.6) is 0 Å². The Balaban J connectivity index is 1.98. The maximum atomic E-state index is 11.9. The van der Waals surface area contributed by atoms with Gasteiger partial charge in [-0.05, 0) is 24.3 Å². The third-order valence-corrected chi connectivity index (χ3v) is 3.76. The average Bonchev–Trinajstić information content (AvgIpc) is 2.70. The number of aromatic nitrogens is 1. The van der Waals surface area contributed by atoms with Crippen molar-refractivity contribution < 1.29 is 9.59 Å². The molecule has 0 bridgehead atoms. The van der Waals surface area contributed by atoms with Crippen molar-refractivity contribution in [2.24, 2.45) is 0 Å². The first-order valence-electron chi connectivity index (χ1n) is 6.18. The van der Waals surface area contributed by atoms with E-state index in [0.29, 0.717) is 16.2 Å². The fourth-order valence-corrected chi connectivity index (χ4v) is 2.53. The summed E-state index contributed by atoms with van der Waals surface area (Å²) < 4.78 is 0. The number of amides is 2. The maximum absolute atomic E-state index is 11.9. The van der Waals surface area contributed by atoms with Crippen LogP contribution < -0.4 is 5.32 Å². The molecule has 20 heavy (non-hydrogen) atoms. The van der Waals surface area contributed by atoms with E-state index in [0.717, 1.165) is 10.3 Å². The third kappa shape index (κ3) is 2.00. The Bertz CT molecular complexity index is 717. The third-order valence-electron chi connectivity index (χ3n) is 3.43. The van der Waals surface area contributed by atoms with Crippen molar-refractivity contribution in [3.63, 3.8) is 0 Å². The highest BCUT2D eigenvalue weighted by molar-refractivity contribution is 6.35. The highest BCUT2D eigenvalue weighted by atomic mass is 35.5. The second-order valence-electron chi connectivity index (χ2n) is 4.69. The van der Waals surface area contributed by atoms with Crippen LogP contribution in [0, 0.1) is 0 Å². The van der Waals surface area contributed by atoms with Crippen LogP contribution in [0.25, 0.3) is 10.9 Å². The lowest BCUT2D eigenvalue weighted by molar-refractivity contribution is -0.136. The summed E-state index contributed by atoms with van der Waals surface area (Å²) in [6.07, 6.45) is 1.82. The molecule has 5 nitrogen and oxygen atoms in total. The van der Waals surface area contributed by atoms with E-state index in [9.17, 15) is 9.59 Å². The van der Waals surface area contributed by atoms with Crippen LogP contribution >= 0.6 is 11.6 Å². The minimum atomic E-state index is -0.543. The molecule has 1 fully saturated rings. The molecule has 2 aromatic rings. The summed E-state index contributed by atoms with van der Waals surface area (Å²) >= 11 is 6.12. The molecule has 1 aliphatic rings. The molecule has 0 radical (unpaired) electrons. The van der Waals surface area contributed by atoms with Crippen molar-refractivity contribution in [1.29, 1.82) is 0 Å². The Morgan fingerprint density at radius 2 is 2.15 bits per heavy atom. The Kier molecular flexibility index (Phi) is 3.06. The topological polar surface area (TPSA) is 62.3 Å². The van der Waals surface area contributed by atoms with Crippen molar-refractivity contribution in [3.05, 3.63) is 35.5 Å². The first kappa shape index (κ1) is 12.9. The SMILES string of the molecule is CN1C(=O)CC(Nc2ccc(Cl)c3cccnc23)C1=O. The van der Waals surface area contributed by atoms with Gasteiger partial charge >= 0.3 is 0 Å². The van der Waals surface area contributed by atoms with Crippen LogP contribution in [0.3, 0.4) is 0 Å². The van der Waals surface area contributed by atoms with E-state index in [2.05, 4.69) is 10.3 Å². The molecule has 2 amide bonds. The molecule has 0 saturated carbocycles. The molecule has 1 saturated heterocycles. The van der Waals surface area contributed by atoms with Crippen molar-refractivity contribution >= 4 is 40.0 Å². The van der Waals surface area contributed by atoms with E-state index in [1.807, 2.05) is 6.07 Å². The number of carbonyl (C=O) groups excluding carboxylic acids is 2. The van der Waals surface area contributed by atoms with Gasteiger partial charge in [-0.25, -0.2) is 0 Å². The number of halogens is 1. The number of hydrogen-bond acceptors (Lipinski definition) is 4. The predicted molar refractivity (Wildman–Crippen MR) is 76.6 cm³/mol. The zero-order valence-electron chi connectivity index (χ0n) is 10.8. The fraction of sp³-hybridized carbons (Fsp3) is 0.214. The maximum Gasteiger partial charge on any atom is 0.251 e. The molecule has 1 aliphatic heterocycles. The van der Waals surface area contributed by atoms with Gasteiger partial charge in [-0.1, -0.05) is 11.6 Å². The van der Waals surface area contributed by atoms with E-state index in [1.165, 1.54) is 7.05 Å². The summed E-state index contributed by atoms with van der Waals surface area (Å²) in [7, 11) is 1.49. The highest BCUT2D eigenvalue weighted by Gasteiger charge is 2.36. The molecule has 1 aromatic heterocycles. The number of pyridine rings is 1. The minimum absolute atomic E-state index is 0.159.